The maximum Gasteiger partial charge on any atom is 0.251 e. The summed E-state index contributed by atoms with van der Waals surface area (Å²) in [4.78, 5) is 23.1. The summed E-state index contributed by atoms with van der Waals surface area (Å²) in [7, 11) is 0. The van der Waals surface area contributed by atoms with Crippen molar-refractivity contribution in [2.75, 3.05) is 0 Å². The van der Waals surface area contributed by atoms with E-state index in [1.165, 1.54) is 6.07 Å². The van der Waals surface area contributed by atoms with Gasteiger partial charge in [-0.25, -0.2) is 0 Å². The van der Waals surface area contributed by atoms with Gasteiger partial charge in [-0.3, -0.25) is 9.59 Å². The molecule has 0 unspecified atom stereocenters. The first-order valence-corrected chi connectivity index (χ1v) is 4.78. The van der Waals surface area contributed by atoms with E-state index in [2.05, 4.69) is 0 Å². The Hall–Kier alpha value is -2.20. The van der Waals surface area contributed by atoms with Gasteiger partial charge in [0.25, 0.3) is 11.8 Å². The Bertz CT molecular complexity index is 633. The number of amides is 2. The van der Waals surface area contributed by atoms with Crippen LogP contribution in [0, 0.1) is 5.21 Å². The number of hydroxylamine groups is 2. The van der Waals surface area contributed by atoms with E-state index < -0.39 is 11.8 Å². The van der Waals surface area contributed by atoms with Gasteiger partial charge < -0.3 is 10.3 Å². The van der Waals surface area contributed by atoms with Crippen LogP contribution < -0.4 is 0 Å². The largest absolute Gasteiger partial charge is 0.749 e. The highest BCUT2D eigenvalue weighted by Gasteiger charge is 2.30. The van der Waals surface area contributed by atoms with Crippen LogP contribution in [0.3, 0.4) is 0 Å². The first-order chi connectivity index (χ1) is 7.70. The predicted octanol–water partition coefficient (Wildman–Crippen LogP) is 1.93. The van der Waals surface area contributed by atoms with Gasteiger partial charge in [-0.15, -0.1) is 0 Å². The molecule has 0 saturated heterocycles. The minimum atomic E-state index is -0.772. The molecule has 1 aliphatic heterocycles. The Morgan fingerprint density at radius 1 is 0.938 bits per heavy atom. The van der Waals surface area contributed by atoms with Crippen LogP contribution in [0.25, 0.3) is 10.8 Å². The molecule has 0 saturated carbocycles. The molecule has 0 spiro atoms. The van der Waals surface area contributed by atoms with Gasteiger partial charge in [0.15, 0.2) is 0 Å². The minimum absolute atomic E-state index is 0.0862. The lowest BCUT2D eigenvalue weighted by Crippen LogP contribution is -2.22. The molecule has 0 bridgehead atoms. The van der Waals surface area contributed by atoms with Gasteiger partial charge in [-0.05, 0) is 16.8 Å². The molecule has 0 radical (unpaired) electrons. The Morgan fingerprint density at radius 2 is 1.69 bits per heavy atom. The Labute approximate surface area is 90.7 Å². The first-order valence-electron chi connectivity index (χ1n) is 4.78. The van der Waals surface area contributed by atoms with E-state index in [1.54, 1.807) is 18.2 Å². The standard InChI is InChI=1S/C12H6NO3/c14-11-9-6-5-7-3-1-2-4-8(7)10(9)12(15)13(11)16/h1-6H/q-1. The van der Waals surface area contributed by atoms with Crippen molar-refractivity contribution < 1.29 is 9.59 Å². The molecular formula is C12H6NO3-. The lowest BCUT2D eigenvalue weighted by atomic mass is 10.0. The van der Waals surface area contributed by atoms with Crippen LogP contribution in [0.5, 0.6) is 0 Å². The molecule has 2 aromatic carbocycles. The fraction of sp³-hybridized carbons (Fsp3) is 0. The van der Waals surface area contributed by atoms with Crippen molar-refractivity contribution >= 4 is 22.6 Å². The highest BCUT2D eigenvalue weighted by atomic mass is 16.5. The number of rotatable bonds is 0. The van der Waals surface area contributed by atoms with E-state index in [0.29, 0.717) is 5.39 Å². The van der Waals surface area contributed by atoms with Crippen molar-refractivity contribution in [2.45, 2.75) is 0 Å². The third-order valence-corrected chi connectivity index (χ3v) is 2.74. The number of fused-ring (bicyclic) bond motifs is 3. The molecule has 3 rings (SSSR count). The van der Waals surface area contributed by atoms with E-state index in [-0.39, 0.29) is 16.2 Å². The fourth-order valence-corrected chi connectivity index (χ4v) is 1.98. The third-order valence-electron chi connectivity index (χ3n) is 2.74. The fourth-order valence-electron chi connectivity index (χ4n) is 1.98. The molecule has 0 aromatic heterocycles. The zero-order valence-electron chi connectivity index (χ0n) is 8.14. The normalized spacial score (nSPS) is 14.7. The van der Waals surface area contributed by atoms with Crippen molar-refractivity contribution in [1.82, 2.24) is 5.06 Å². The predicted molar refractivity (Wildman–Crippen MR) is 57.8 cm³/mol. The van der Waals surface area contributed by atoms with E-state index in [0.717, 1.165) is 5.39 Å². The van der Waals surface area contributed by atoms with Crippen molar-refractivity contribution in [3.05, 3.63) is 52.7 Å². The highest BCUT2D eigenvalue weighted by Crippen LogP contribution is 2.29. The molecule has 2 aromatic rings. The second-order valence-corrected chi connectivity index (χ2v) is 3.61. The van der Waals surface area contributed by atoms with E-state index in [1.807, 2.05) is 12.1 Å². The maximum atomic E-state index is 11.6. The first kappa shape index (κ1) is 9.06. The van der Waals surface area contributed by atoms with Crippen LogP contribution in [0.2, 0.25) is 0 Å². The molecule has 0 atom stereocenters. The lowest BCUT2D eigenvalue weighted by molar-refractivity contribution is 0.0722. The average Bonchev–Trinajstić information content (AvgIpc) is 2.55. The van der Waals surface area contributed by atoms with E-state index >= 15 is 0 Å². The number of imide groups is 1. The Balaban J connectivity index is 2.46. The molecule has 2 amide bonds. The number of carbonyl (C=O) groups excluding carboxylic acids is 2. The molecular weight excluding hydrogens is 206 g/mol. The van der Waals surface area contributed by atoms with Crippen molar-refractivity contribution in [2.24, 2.45) is 0 Å². The topological polar surface area (TPSA) is 60.4 Å². The molecule has 4 heteroatoms. The highest BCUT2D eigenvalue weighted by molar-refractivity contribution is 6.26. The maximum absolute atomic E-state index is 11.6. The van der Waals surface area contributed by atoms with Gasteiger partial charge in [-0.1, -0.05) is 30.3 Å². The quantitative estimate of drug-likeness (QED) is 0.627. The Morgan fingerprint density at radius 3 is 2.50 bits per heavy atom. The summed E-state index contributed by atoms with van der Waals surface area (Å²) in [6.45, 7) is 0. The summed E-state index contributed by atoms with van der Waals surface area (Å²) in [6, 6.07) is 10.4. The second kappa shape index (κ2) is 2.90. The van der Waals surface area contributed by atoms with Crippen LogP contribution in [0.15, 0.2) is 36.4 Å². The summed E-state index contributed by atoms with van der Waals surface area (Å²) >= 11 is 0. The second-order valence-electron chi connectivity index (χ2n) is 3.61. The van der Waals surface area contributed by atoms with Crippen LogP contribution in [0.1, 0.15) is 20.7 Å². The number of benzene rings is 2. The number of hydrogen-bond donors (Lipinski definition) is 0. The van der Waals surface area contributed by atoms with Crippen LogP contribution in [0.4, 0.5) is 0 Å². The minimum Gasteiger partial charge on any atom is -0.749 e. The number of nitrogens with zero attached hydrogens (tertiary/aromatic N) is 1. The zero-order chi connectivity index (χ0) is 11.3. The molecule has 0 N–H and O–H groups in total. The summed E-state index contributed by atoms with van der Waals surface area (Å²) in [6.07, 6.45) is 0. The molecule has 0 fully saturated rings. The van der Waals surface area contributed by atoms with Gasteiger partial charge in [0.1, 0.15) is 0 Å². The molecule has 4 nitrogen and oxygen atoms in total. The van der Waals surface area contributed by atoms with Crippen molar-refractivity contribution in [3.63, 3.8) is 0 Å². The van der Waals surface area contributed by atoms with E-state index in [4.69, 9.17) is 0 Å². The molecule has 16 heavy (non-hydrogen) atoms. The summed E-state index contributed by atoms with van der Waals surface area (Å²) < 4.78 is 0. The SMILES string of the molecule is O=C1c2ccc3ccccc3c2C(=O)N1[O-]. The monoisotopic (exact) mass is 212 g/mol. The van der Waals surface area contributed by atoms with Gasteiger partial charge in [0, 0.05) is 0 Å². The molecule has 0 aliphatic carbocycles. The Kier molecular flexibility index (Phi) is 1.64. The smallest absolute Gasteiger partial charge is 0.251 e. The van der Waals surface area contributed by atoms with Gasteiger partial charge in [-0.2, -0.15) is 0 Å². The van der Waals surface area contributed by atoms with Gasteiger partial charge in [0.05, 0.1) is 11.1 Å². The number of hydrogen-bond acceptors (Lipinski definition) is 3. The van der Waals surface area contributed by atoms with Gasteiger partial charge >= 0.3 is 0 Å². The lowest BCUT2D eigenvalue weighted by Gasteiger charge is -2.17. The molecule has 1 aliphatic rings. The average molecular weight is 212 g/mol. The summed E-state index contributed by atoms with van der Waals surface area (Å²) in [5.74, 6) is -1.54. The number of carbonyl (C=O) groups is 2. The van der Waals surface area contributed by atoms with Crippen LogP contribution in [-0.2, 0) is 0 Å². The molecule has 78 valence electrons. The molecule has 1 heterocycles. The van der Waals surface area contributed by atoms with Crippen LogP contribution >= 0.6 is 0 Å². The zero-order valence-corrected chi connectivity index (χ0v) is 8.14. The summed E-state index contributed by atoms with van der Waals surface area (Å²) in [5.41, 5.74) is 0.414. The van der Waals surface area contributed by atoms with Crippen LogP contribution in [-0.4, -0.2) is 16.9 Å². The van der Waals surface area contributed by atoms with E-state index in [9.17, 15) is 14.8 Å². The van der Waals surface area contributed by atoms with Gasteiger partial charge in [0.2, 0.25) is 0 Å². The summed E-state index contributed by atoms with van der Waals surface area (Å²) in [5, 5.41) is 12.6. The van der Waals surface area contributed by atoms with Crippen molar-refractivity contribution in [1.29, 1.82) is 0 Å². The third kappa shape index (κ3) is 0.963. The van der Waals surface area contributed by atoms with Crippen molar-refractivity contribution in [3.8, 4) is 0 Å².